The summed E-state index contributed by atoms with van der Waals surface area (Å²) in [7, 11) is 0. The van der Waals surface area contributed by atoms with Crippen LogP contribution in [0.4, 0.5) is 14.5 Å². The minimum absolute atomic E-state index is 0.0383. The molecule has 0 aliphatic heterocycles. The van der Waals surface area contributed by atoms with Crippen molar-refractivity contribution >= 4 is 22.6 Å². The number of aromatic nitrogens is 2. The van der Waals surface area contributed by atoms with Gasteiger partial charge in [-0.3, -0.25) is 4.79 Å². The lowest BCUT2D eigenvalue weighted by Crippen LogP contribution is -2.13. The molecule has 6 heteroatoms. The lowest BCUT2D eigenvalue weighted by Gasteiger charge is -2.19. The molecule has 0 saturated carbocycles. The van der Waals surface area contributed by atoms with Crippen molar-refractivity contribution in [3.05, 3.63) is 59.4 Å². The lowest BCUT2D eigenvalue weighted by atomic mass is 9.87. The Kier molecular flexibility index (Phi) is 4.29. The van der Waals surface area contributed by atoms with E-state index in [1.807, 2.05) is 24.3 Å². The second-order valence-electron chi connectivity index (χ2n) is 6.94. The highest BCUT2D eigenvalue weighted by atomic mass is 19.3. The zero-order chi connectivity index (χ0) is 18.2. The summed E-state index contributed by atoms with van der Waals surface area (Å²) in [5.74, 6) is -0.705. The molecular weight excluding hydrogens is 324 g/mol. The number of H-pyrrole nitrogens is 1. The molecule has 130 valence electrons. The maximum absolute atomic E-state index is 12.7. The molecule has 0 bridgehead atoms. The van der Waals surface area contributed by atoms with Crippen LogP contribution in [-0.2, 0) is 5.41 Å². The molecule has 1 aromatic heterocycles. The van der Waals surface area contributed by atoms with E-state index in [1.165, 1.54) is 11.6 Å². The van der Waals surface area contributed by atoms with Crippen LogP contribution < -0.4 is 5.32 Å². The van der Waals surface area contributed by atoms with Crippen molar-refractivity contribution in [3.8, 4) is 0 Å². The molecule has 1 heterocycles. The van der Waals surface area contributed by atoms with Crippen LogP contribution in [0.5, 0.6) is 0 Å². The number of hydrogen-bond acceptors (Lipinski definition) is 2. The molecule has 0 unspecified atom stereocenters. The van der Waals surface area contributed by atoms with Gasteiger partial charge in [-0.15, -0.1) is 0 Å². The van der Waals surface area contributed by atoms with Crippen molar-refractivity contribution in [1.82, 2.24) is 9.97 Å². The third-order valence-electron chi connectivity index (χ3n) is 3.98. The molecule has 1 amide bonds. The van der Waals surface area contributed by atoms with Gasteiger partial charge in [-0.25, -0.2) is 13.8 Å². The van der Waals surface area contributed by atoms with Crippen LogP contribution in [0.1, 0.15) is 48.9 Å². The Morgan fingerprint density at radius 1 is 1.12 bits per heavy atom. The Morgan fingerprint density at radius 3 is 2.40 bits per heavy atom. The number of halogens is 2. The van der Waals surface area contributed by atoms with Gasteiger partial charge < -0.3 is 10.3 Å². The minimum atomic E-state index is -2.67. The maximum Gasteiger partial charge on any atom is 0.295 e. The molecular formula is C19H19F2N3O. The van der Waals surface area contributed by atoms with Crippen LogP contribution in [0.25, 0.3) is 11.0 Å². The number of hydrogen-bond donors (Lipinski definition) is 2. The Bertz CT molecular complexity index is 909. The Hall–Kier alpha value is -2.76. The van der Waals surface area contributed by atoms with E-state index in [4.69, 9.17) is 0 Å². The van der Waals surface area contributed by atoms with E-state index in [0.29, 0.717) is 22.3 Å². The molecule has 0 atom stereocenters. The van der Waals surface area contributed by atoms with Gasteiger partial charge in [0.05, 0.1) is 11.0 Å². The summed E-state index contributed by atoms with van der Waals surface area (Å²) in [6, 6.07) is 12.3. The monoisotopic (exact) mass is 343 g/mol. The first-order valence-corrected chi connectivity index (χ1v) is 7.94. The molecule has 25 heavy (non-hydrogen) atoms. The highest BCUT2D eigenvalue weighted by Crippen LogP contribution is 2.24. The number of carbonyl (C=O) groups excluding carboxylic acids is 1. The second-order valence-corrected chi connectivity index (χ2v) is 6.94. The first-order chi connectivity index (χ1) is 11.7. The van der Waals surface area contributed by atoms with Crippen LogP contribution in [0.2, 0.25) is 0 Å². The van der Waals surface area contributed by atoms with Gasteiger partial charge in [0.15, 0.2) is 5.82 Å². The van der Waals surface area contributed by atoms with Gasteiger partial charge in [-0.1, -0.05) is 32.9 Å². The fourth-order valence-electron chi connectivity index (χ4n) is 2.53. The summed E-state index contributed by atoms with van der Waals surface area (Å²) >= 11 is 0. The summed E-state index contributed by atoms with van der Waals surface area (Å²) in [5.41, 5.74) is 3.07. The number of alkyl halides is 2. The van der Waals surface area contributed by atoms with Crippen molar-refractivity contribution in [2.75, 3.05) is 5.32 Å². The Balaban J connectivity index is 1.80. The standard InChI is InChI=1S/C19H19F2N3O/c1-19(2,3)12-5-7-13(8-6-12)22-18(25)11-4-9-14-15(10-11)24-17(23-14)16(20)21/h4-10,16H,1-3H3,(H,22,25)(H,23,24). The van der Waals surface area contributed by atoms with E-state index in [2.05, 4.69) is 36.1 Å². The third-order valence-corrected chi connectivity index (χ3v) is 3.98. The molecule has 0 fully saturated rings. The fraction of sp³-hybridized carbons (Fsp3) is 0.263. The first kappa shape index (κ1) is 17.1. The highest BCUT2D eigenvalue weighted by Gasteiger charge is 2.15. The fourth-order valence-corrected chi connectivity index (χ4v) is 2.53. The molecule has 0 aliphatic carbocycles. The van der Waals surface area contributed by atoms with E-state index >= 15 is 0 Å². The van der Waals surface area contributed by atoms with Gasteiger partial charge in [0.2, 0.25) is 0 Å². The topological polar surface area (TPSA) is 57.8 Å². The summed E-state index contributed by atoms with van der Waals surface area (Å²) in [4.78, 5) is 18.7. The summed E-state index contributed by atoms with van der Waals surface area (Å²) < 4.78 is 25.4. The second kappa shape index (κ2) is 6.27. The lowest BCUT2D eigenvalue weighted by molar-refractivity contribution is 0.102. The smallest absolute Gasteiger partial charge is 0.295 e. The van der Waals surface area contributed by atoms with Crippen LogP contribution in [-0.4, -0.2) is 15.9 Å². The van der Waals surface area contributed by atoms with Gasteiger partial charge in [-0.05, 0) is 41.3 Å². The third kappa shape index (κ3) is 3.68. The van der Waals surface area contributed by atoms with Crippen molar-refractivity contribution in [1.29, 1.82) is 0 Å². The van der Waals surface area contributed by atoms with Crippen LogP contribution >= 0.6 is 0 Å². The molecule has 3 rings (SSSR count). The van der Waals surface area contributed by atoms with Gasteiger partial charge in [0.1, 0.15) is 0 Å². The van der Waals surface area contributed by atoms with Crippen molar-refractivity contribution in [2.45, 2.75) is 32.6 Å². The number of amides is 1. The average Bonchev–Trinajstić information content (AvgIpc) is 2.98. The number of carbonyl (C=O) groups is 1. The molecule has 0 spiro atoms. The predicted molar refractivity (Wildman–Crippen MR) is 94.1 cm³/mol. The number of nitrogens with one attached hydrogen (secondary N) is 2. The van der Waals surface area contributed by atoms with Gasteiger partial charge in [-0.2, -0.15) is 0 Å². The molecule has 0 saturated heterocycles. The van der Waals surface area contributed by atoms with Crippen LogP contribution in [0, 0.1) is 0 Å². The van der Waals surface area contributed by atoms with Crippen LogP contribution in [0.15, 0.2) is 42.5 Å². The van der Waals surface area contributed by atoms with E-state index < -0.39 is 12.2 Å². The largest absolute Gasteiger partial charge is 0.337 e. The molecule has 0 radical (unpaired) electrons. The number of rotatable bonds is 3. The highest BCUT2D eigenvalue weighted by molar-refractivity contribution is 6.05. The SMILES string of the molecule is CC(C)(C)c1ccc(NC(=O)c2ccc3nc(C(F)F)[nH]c3c2)cc1. The van der Waals surface area contributed by atoms with Gasteiger partial charge >= 0.3 is 0 Å². The van der Waals surface area contributed by atoms with E-state index in [-0.39, 0.29) is 11.3 Å². The number of fused-ring (bicyclic) bond motifs is 1. The summed E-state index contributed by atoms with van der Waals surface area (Å²) in [5, 5.41) is 2.81. The summed E-state index contributed by atoms with van der Waals surface area (Å²) in [6.07, 6.45) is -2.67. The number of aromatic amines is 1. The van der Waals surface area contributed by atoms with Crippen molar-refractivity contribution in [2.24, 2.45) is 0 Å². The van der Waals surface area contributed by atoms with E-state index in [1.54, 1.807) is 12.1 Å². The molecule has 2 aromatic carbocycles. The Labute approximate surface area is 144 Å². The number of imidazole rings is 1. The summed E-state index contributed by atoms with van der Waals surface area (Å²) in [6.45, 7) is 6.36. The average molecular weight is 343 g/mol. The molecule has 0 aliphatic rings. The predicted octanol–water partition coefficient (Wildman–Crippen LogP) is 5.05. The zero-order valence-corrected chi connectivity index (χ0v) is 14.2. The van der Waals surface area contributed by atoms with E-state index in [9.17, 15) is 13.6 Å². The molecule has 4 nitrogen and oxygen atoms in total. The number of benzene rings is 2. The van der Waals surface area contributed by atoms with Crippen LogP contribution in [0.3, 0.4) is 0 Å². The Morgan fingerprint density at radius 2 is 1.80 bits per heavy atom. The molecule has 2 N–H and O–H groups in total. The quantitative estimate of drug-likeness (QED) is 0.699. The molecule has 3 aromatic rings. The first-order valence-electron chi connectivity index (χ1n) is 7.94. The number of nitrogens with zero attached hydrogens (tertiary/aromatic N) is 1. The zero-order valence-electron chi connectivity index (χ0n) is 14.2. The van der Waals surface area contributed by atoms with Crippen molar-refractivity contribution < 1.29 is 13.6 Å². The maximum atomic E-state index is 12.7. The van der Waals surface area contributed by atoms with Gasteiger partial charge in [0, 0.05) is 11.3 Å². The normalized spacial score (nSPS) is 11.9. The van der Waals surface area contributed by atoms with Crippen molar-refractivity contribution in [3.63, 3.8) is 0 Å². The van der Waals surface area contributed by atoms with E-state index in [0.717, 1.165) is 0 Å². The minimum Gasteiger partial charge on any atom is -0.337 e. The number of anilines is 1. The van der Waals surface area contributed by atoms with Gasteiger partial charge in [0.25, 0.3) is 12.3 Å².